The van der Waals surface area contributed by atoms with Crippen LogP contribution < -0.4 is 20.5 Å². The Hall–Kier alpha value is -4.16. The molecule has 0 fully saturated rings. The van der Waals surface area contributed by atoms with Crippen LogP contribution in [0.4, 0.5) is 17.3 Å². The number of halogens is 1. The minimum Gasteiger partial charge on any atom is -0.487 e. The number of sulfonamides is 1. The zero-order valence-corrected chi connectivity index (χ0v) is 20.6. The number of hydrogen-bond acceptors (Lipinski definition) is 8. The third-order valence-corrected chi connectivity index (χ3v) is 6.54. The summed E-state index contributed by atoms with van der Waals surface area (Å²) in [5.41, 5.74) is 7.47. The Bertz CT molecular complexity index is 1490. The molecule has 0 spiro atoms. The number of ether oxygens (including phenoxy) is 1. The first-order chi connectivity index (χ1) is 17.3. The maximum Gasteiger partial charge on any atom is 0.254 e. The summed E-state index contributed by atoms with van der Waals surface area (Å²) in [6.07, 6.45) is 4.47. The highest BCUT2D eigenvalue weighted by molar-refractivity contribution is 7.92. The number of nitrogens with zero attached hydrogens (tertiary/aromatic N) is 3. The highest BCUT2D eigenvalue weighted by atomic mass is 35.5. The molecule has 0 aliphatic carbocycles. The second kappa shape index (κ2) is 10.6. The van der Waals surface area contributed by atoms with E-state index < -0.39 is 15.9 Å². The molecule has 36 heavy (non-hydrogen) atoms. The lowest BCUT2D eigenvalue weighted by Gasteiger charge is -2.15. The number of amides is 1. The van der Waals surface area contributed by atoms with E-state index in [1.807, 2.05) is 6.07 Å². The molecule has 0 unspecified atom stereocenters. The van der Waals surface area contributed by atoms with Crippen molar-refractivity contribution in [3.8, 4) is 17.0 Å². The van der Waals surface area contributed by atoms with Crippen LogP contribution in [0.5, 0.6) is 5.75 Å². The summed E-state index contributed by atoms with van der Waals surface area (Å²) in [6.45, 7) is 1.64. The smallest absolute Gasteiger partial charge is 0.254 e. The molecule has 0 aliphatic heterocycles. The Kier molecular flexibility index (Phi) is 7.36. The number of primary amides is 1. The summed E-state index contributed by atoms with van der Waals surface area (Å²) >= 11 is 6.06. The number of nitrogens with two attached hydrogens (primary N) is 1. The largest absolute Gasteiger partial charge is 0.487 e. The lowest BCUT2D eigenvalue weighted by Crippen LogP contribution is -2.15. The number of benzene rings is 2. The summed E-state index contributed by atoms with van der Waals surface area (Å²) < 4.78 is 32.9. The lowest BCUT2D eigenvalue weighted by atomic mass is 10.1. The van der Waals surface area contributed by atoms with E-state index in [1.54, 1.807) is 30.3 Å². The molecular weight excluding hydrogens is 506 g/mol. The Labute approximate surface area is 212 Å². The van der Waals surface area contributed by atoms with E-state index in [0.717, 1.165) is 5.56 Å². The number of carbonyl (C=O) groups excluding carboxylic acids is 1. The van der Waals surface area contributed by atoms with Gasteiger partial charge in [0.05, 0.1) is 17.6 Å². The van der Waals surface area contributed by atoms with Crippen LogP contribution in [0.2, 0.25) is 5.02 Å². The molecule has 5 N–H and O–H groups in total. The number of aromatic amines is 1. The van der Waals surface area contributed by atoms with E-state index in [0.29, 0.717) is 16.4 Å². The van der Waals surface area contributed by atoms with Crippen molar-refractivity contribution in [2.75, 3.05) is 15.8 Å². The minimum absolute atomic E-state index is 0.0864. The van der Waals surface area contributed by atoms with Gasteiger partial charge in [0.15, 0.2) is 0 Å². The Morgan fingerprint density at radius 2 is 2.03 bits per heavy atom. The van der Waals surface area contributed by atoms with Crippen molar-refractivity contribution in [2.45, 2.75) is 13.5 Å². The van der Waals surface area contributed by atoms with Gasteiger partial charge in [-0.2, -0.15) is 5.10 Å². The zero-order chi connectivity index (χ0) is 25.7. The van der Waals surface area contributed by atoms with Crippen molar-refractivity contribution < 1.29 is 17.9 Å². The fourth-order valence-corrected chi connectivity index (χ4v) is 4.13. The van der Waals surface area contributed by atoms with Gasteiger partial charge in [-0.15, -0.1) is 0 Å². The molecular formula is C23H22ClN7O4S. The van der Waals surface area contributed by atoms with Crippen LogP contribution in [0.1, 0.15) is 22.8 Å². The summed E-state index contributed by atoms with van der Waals surface area (Å²) in [5, 5.41) is 10.5. The lowest BCUT2D eigenvalue weighted by molar-refractivity contribution is 0.100. The second-order valence-electron chi connectivity index (χ2n) is 7.54. The van der Waals surface area contributed by atoms with Gasteiger partial charge < -0.3 is 15.8 Å². The maximum atomic E-state index is 12.3. The van der Waals surface area contributed by atoms with Crippen molar-refractivity contribution in [1.82, 2.24) is 20.2 Å². The van der Waals surface area contributed by atoms with E-state index in [9.17, 15) is 13.2 Å². The van der Waals surface area contributed by atoms with E-state index >= 15 is 0 Å². The number of hydrogen-bond donors (Lipinski definition) is 4. The van der Waals surface area contributed by atoms with Crippen molar-refractivity contribution >= 4 is 44.9 Å². The van der Waals surface area contributed by atoms with Crippen LogP contribution in [0.25, 0.3) is 11.3 Å². The number of nitrogens with one attached hydrogen (secondary N) is 3. The Morgan fingerprint density at radius 1 is 1.19 bits per heavy atom. The summed E-state index contributed by atoms with van der Waals surface area (Å²) in [4.78, 5) is 20.4. The number of aromatic nitrogens is 4. The monoisotopic (exact) mass is 527 g/mol. The van der Waals surface area contributed by atoms with Gasteiger partial charge in [-0.1, -0.05) is 29.8 Å². The van der Waals surface area contributed by atoms with Gasteiger partial charge in [0.1, 0.15) is 35.2 Å². The Morgan fingerprint density at radius 3 is 2.72 bits per heavy atom. The molecule has 0 radical (unpaired) electrons. The van der Waals surface area contributed by atoms with Crippen LogP contribution >= 0.6 is 11.6 Å². The topological polar surface area (TPSA) is 165 Å². The highest BCUT2D eigenvalue weighted by Crippen LogP contribution is 2.35. The fourth-order valence-electron chi connectivity index (χ4n) is 3.27. The normalized spacial score (nSPS) is 11.2. The molecule has 186 valence electrons. The average Bonchev–Trinajstić information content (AvgIpc) is 3.28. The van der Waals surface area contributed by atoms with E-state index in [1.165, 1.54) is 31.6 Å². The molecule has 2 aromatic carbocycles. The first-order valence-electron chi connectivity index (χ1n) is 10.7. The number of H-pyrrole nitrogens is 1. The van der Waals surface area contributed by atoms with Gasteiger partial charge >= 0.3 is 0 Å². The van der Waals surface area contributed by atoms with Gasteiger partial charge in [0.25, 0.3) is 5.91 Å². The third-order valence-electron chi connectivity index (χ3n) is 5.01. The molecule has 2 heterocycles. The van der Waals surface area contributed by atoms with Gasteiger partial charge in [-0.3, -0.25) is 19.6 Å². The van der Waals surface area contributed by atoms with Gasteiger partial charge in [0, 0.05) is 23.0 Å². The summed E-state index contributed by atoms with van der Waals surface area (Å²) in [6, 6.07) is 11.8. The summed E-state index contributed by atoms with van der Waals surface area (Å²) in [5.74, 6) is -0.0145. The van der Waals surface area contributed by atoms with Crippen molar-refractivity contribution in [3.05, 3.63) is 77.2 Å². The standard InChI is InChI=1S/C23H22ClN7O4S/c1-2-36(33,34)31-17-7-6-15(11-18(17)35-13-14-4-3-5-16(24)10-14)21-20(22(25)32)23(30-29-21)28-19-12-26-8-9-27-19/h3-12,31H,2,13H2,1H3,(H2,25,32)(H2,27,28,29,30). The van der Waals surface area contributed by atoms with Gasteiger partial charge in [-0.05, 0) is 36.8 Å². The molecule has 0 saturated carbocycles. The average molecular weight is 528 g/mol. The molecule has 11 nitrogen and oxygen atoms in total. The van der Waals surface area contributed by atoms with E-state index in [4.69, 9.17) is 22.1 Å². The molecule has 13 heteroatoms. The van der Waals surface area contributed by atoms with Crippen LogP contribution in [0, 0.1) is 0 Å². The molecule has 4 rings (SSSR count). The van der Waals surface area contributed by atoms with Crippen LogP contribution in [-0.2, 0) is 16.6 Å². The fraction of sp³-hybridized carbons (Fsp3) is 0.130. The Balaban J connectivity index is 1.72. The predicted molar refractivity (Wildman–Crippen MR) is 137 cm³/mol. The van der Waals surface area contributed by atoms with Crippen LogP contribution in [-0.4, -0.2) is 40.2 Å². The van der Waals surface area contributed by atoms with Crippen molar-refractivity contribution in [2.24, 2.45) is 5.73 Å². The highest BCUT2D eigenvalue weighted by Gasteiger charge is 2.22. The first-order valence-corrected chi connectivity index (χ1v) is 12.7. The second-order valence-corrected chi connectivity index (χ2v) is 9.98. The third kappa shape index (κ3) is 5.90. The molecule has 2 aromatic heterocycles. The van der Waals surface area contributed by atoms with Gasteiger partial charge in [-0.25, -0.2) is 13.4 Å². The summed E-state index contributed by atoms with van der Waals surface area (Å²) in [7, 11) is -3.58. The number of anilines is 3. The molecule has 0 bridgehead atoms. The quantitative estimate of drug-likeness (QED) is 0.242. The predicted octanol–water partition coefficient (Wildman–Crippen LogP) is 3.70. The molecule has 0 atom stereocenters. The van der Waals surface area contributed by atoms with Crippen molar-refractivity contribution in [3.63, 3.8) is 0 Å². The van der Waals surface area contributed by atoms with Crippen LogP contribution in [0.3, 0.4) is 0 Å². The molecule has 1 amide bonds. The first kappa shape index (κ1) is 24.9. The molecule has 0 aliphatic rings. The number of carbonyl (C=O) groups is 1. The molecule has 4 aromatic rings. The number of rotatable bonds is 10. The zero-order valence-electron chi connectivity index (χ0n) is 19.0. The van der Waals surface area contributed by atoms with Crippen molar-refractivity contribution in [1.29, 1.82) is 0 Å². The minimum atomic E-state index is -3.58. The maximum absolute atomic E-state index is 12.3. The van der Waals surface area contributed by atoms with E-state index in [-0.39, 0.29) is 40.9 Å². The SMILES string of the molecule is CCS(=O)(=O)Nc1ccc(-c2n[nH]c(Nc3cnccn3)c2C(N)=O)cc1OCc1cccc(Cl)c1. The van der Waals surface area contributed by atoms with E-state index in [2.05, 4.69) is 30.2 Å². The van der Waals surface area contributed by atoms with Gasteiger partial charge in [0.2, 0.25) is 10.0 Å². The van der Waals surface area contributed by atoms with Crippen LogP contribution in [0.15, 0.2) is 61.1 Å². The molecule has 0 saturated heterocycles.